The molecule has 3 rings (SSSR count). The van der Waals surface area contributed by atoms with Crippen LogP contribution in [0, 0.1) is 12.8 Å². The van der Waals surface area contributed by atoms with Gasteiger partial charge in [0, 0.05) is 43.5 Å². The normalized spacial score (nSPS) is 14.5. The summed E-state index contributed by atoms with van der Waals surface area (Å²) >= 11 is 0. The molecule has 0 saturated carbocycles. The van der Waals surface area contributed by atoms with Crippen molar-refractivity contribution in [2.24, 2.45) is 11.1 Å². The van der Waals surface area contributed by atoms with Gasteiger partial charge in [0.25, 0.3) is 0 Å². The van der Waals surface area contributed by atoms with E-state index in [9.17, 15) is 19.2 Å². The first-order valence-electron chi connectivity index (χ1n) is 13.6. The summed E-state index contributed by atoms with van der Waals surface area (Å²) in [5.41, 5.74) is 2.53. The maximum Gasteiger partial charge on any atom is 0.323 e. The van der Waals surface area contributed by atoms with Gasteiger partial charge in [0.2, 0.25) is 5.91 Å². The van der Waals surface area contributed by atoms with Crippen molar-refractivity contribution in [3.05, 3.63) is 59.7 Å². The summed E-state index contributed by atoms with van der Waals surface area (Å²) in [4.78, 5) is 53.4. The van der Waals surface area contributed by atoms with Crippen LogP contribution in [-0.4, -0.2) is 51.4 Å². The number of carbonyl (C=O) groups excluding carboxylic acids is 2. The van der Waals surface area contributed by atoms with E-state index in [0.717, 1.165) is 11.1 Å². The van der Waals surface area contributed by atoms with Gasteiger partial charge in [-0.1, -0.05) is 49.3 Å². The minimum Gasteiger partial charge on any atom is -0.481 e. The number of benzene rings is 2. The Morgan fingerprint density at radius 2 is 1.59 bits per heavy atom. The highest BCUT2D eigenvalue weighted by Gasteiger charge is 2.42. The van der Waals surface area contributed by atoms with E-state index in [4.69, 9.17) is 15.1 Å². The number of amides is 3. The molecule has 1 aliphatic rings. The number of hydrogen-bond acceptors (Lipinski definition) is 6. The van der Waals surface area contributed by atoms with E-state index in [2.05, 4.69) is 21.1 Å². The van der Waals surface area contributed by atoms with E-state index in [1.54, 1.807) is 24.3 Å². The Hall–Kier alpha value is -4.41. The first-order valence-corrected chi connectivity index (χ1v) is 13.6. The molecule has 2 aromatic carbocycles. The number of nitrogens with one attached hydrogen (secondary N) is 3. The fraction of sp³-hybridized carbons (Fsp3) is 0.433. The molecule has 11 heteroatoms. The second-order valence-electron chi connectivity index (χ2n) is 10.8. The zero-order valence-corrected chi connectivity index (χ0v) is 23.6. The highest BCUT2D eigenvalue weighted by molar-refractivity contribution is 6.00. The second-order valence-corrected chi connectivity index (χ2v) is 10.8. The molecule has 0 spiro atoms. The Bertz CT molecular complexity index is 1260. The van der Waals surface area contributed by atoms with Gasteiger partial charge in [-0.05, 0) is 48.6 Å². The molecule has 0 radical (unpaired) electrons. The van der Waals surface area contributed by atoms with Crippen LogP contribution in [0.25, 0.3) is 0 Å². The van der Waals surface area contributed by atoms with Gasteiger partial charge in [0.1, 0.15) is 5.60 Å². The largest absolute Gasteiger partial charge is 0.481 e. The Kier molecular flexibility index (Phi) is 10.8. The molecule has 0 aromatic heterocycles. The highest BCUT2D eigenvalue weighted by Crippen LogP contribution is 2.35. The third kappa shape index (κ3) is 9.93. The van der Waals surface area contributed by atoms with Crippen molar-refractivity contribution in [1.29, 1.82) is 0 Å². The molecule has 0 aliphatic carbocycles. The summed E-state index contributed by atoms with van der Waals surface area (Å²) in [5, 5.41) is 31.1. The summed E-state index contributed by atoms with van der Waals surface area (Å²) < 4.78 is 0. The maximum atomic E-state index is 13.0. The average Bonchev–Trinajstić information content (AvgIpc) is 3.33. The summed E-state index contributed by atoms with van der Waals surface area (Å²) in [6.45, 7) is 5.93. The number of hydrogen-bond donors (Lipinski definition) is 5. The van der Waals surface area contributed by atoms with Crippen LogP contribution < -0.4 is 16.0 Å². The van der Waals surface area contributed by atoms with Crippen LogP contribution in [0.3, 0.4) is 0 Å². The topological polar surface area (TPSA) is 166 Å². The molecule has 11 nitrogen and oxygen atoms in total. The molecule has 2 aromatic rings. The molecule has 0 fully saturated rings. The predicted octanol–water partition coefficient (Wildman–Crippen LogP) is 4.96. The van der Waals surface area contributed by atoms with Gasteiger partial charge in [-0.3, -0.25) is 14.4 Å². The number of rotatable bonds is 14. The zero-order chi connectivity index (χ0) is 30.0. The third-order valence-electron chi connectivity index (χ3n) is 6.86. The summed E-state index contributed by atoms with van der Waals surface area (Å²) in [7, 11) is 0. The number of oxime groups is 1. The number of carboxylic acids is 2. The minimum absolute atomic E-state index is 0.0988. The SMILES string of the molecule is Cc1ccccc1NC(=O)Nc1ccc(CC(=O)N[C@@H](CC(C)C)C2=NOC(CCC(=O)O)(CCC(=O)O)C2)cc1. The average molecular weight is 567 g/mol. The van der Waals surface area contributed by atoms with Gasteiger partial charge in [-0.2, -0.15) is 0 Å². The molecule has 0 bridgehead atoms. The van der Waals surface area contributed by atoms with E-state index in [1.165, 1.54) is 0 Å². The summed E-state index contributed by atoms with van der Waals surface area (Å²) in [6.07, 6.45) is 0.811. The first kappa shape index (κ1) is 31.1. The van der Waals surface area contributed by atoms with Crippen LogP contribution in [0.5, 0.6) is 0 Å². The molecule has 1 heterocycles. The molecule has 41 heavy (non-hydrogen) atoms. The lowest BCUT2D eigenvalue weighted by Gasteiger charge is -2.26. The van der Waals surface area contributed by atoms with Crippen molar-refractivity contribution in [2.45, 2.75) is 77.4 Å². The Morgan fingerprint density at radius 3 is 2.17 bits per heavy atom. The lowest BCUT2D eigenvalue weighted by molar-refractivity contribution is -0.140. The second kappa shape index (κ2) is 14.3. The van der Waals surface area contributed by atoms with Gasteiger partial charge in [0.15, 0.2) is 0 Å². The van der Waals surface area contributed by atoms with Crippen LogP contribution in [0.2, 0.25) is 0 Å². The zero-order valence-electron chi connectivity index (χ0n) is 23.6. The quantitative estimate of drug-likeness (QED) is 0.215. The molecule has 3 amide bonds. The molecular weight excluding hydrogens is 528 g/mol. The van der Waals surface area contributed by atoms with E-state index >= 15 is 0 Å². The Balaban J connectivity index is 1.59. The Morgan fingerprint density at radius 1 is 0.951 bits per heavy atom. The van der Waals surface area contributed by atoms with E-state index < -0.39 is 23.6 Å². The number of carbonyl (C=O) groups is 4. The fourth-order valence-electron chi connectivity index (χ4n) is 4.68. The van der Waals surface area contributed by atoms with Crippen molar-refractivity contribution in [2.75, 3.05) is 10.6 Å². The van der Waals surface area contributed by atoms with Crippen LogP contribution in [0.1, 0.15) is 63.5 Å². The van der Waals surface area contributed by atoms with Crippen molar-refractivity contribution in [1.82, 2.24) is 5.32 Å². The van der Waals surface area contributed by atoms with E-state index in [-0.39, 0.29) is 56.4 Å². The molecule has 5 N–H and O–H groups in total. The fourth-order valence-corrected chi connectivity index (χ4v) is 4.68. The van der Waals surface area contributed by atoms with Crippen molar-refractivity contribution in [3.63, 3.8) is 0 Å². The van der Waals surface area contributed by atoms with Gasteiger partial charge in [-0.15, -0.1) is 0 Å². The van der Waals surface area contributed by atoms with E-state index in [1.807, 2.05) is 45.0 Å². The van der Waals surface area contributed by atoms with Gasteiger partial charge in [0.05, 0.1) is 18.2 Å². The number of carboxylic acid groups (broad SMARTS) is 2. The van der Waals surface area contributed by atoms with Crippen LogP contribution in [0.4, 0.5) is 16.2 Å². The smallest absolute Gasteiger partial charge is 0.323 e. The van der Waals surface area contributed by atoms with Crippen molar-refractivity contribution < 1.29 is 34.2 Å². The standard InChI is InChI=1S/C30H38N4O7/c1-19(2)16-24(25-18-30(41-34-25,14-12-27(36)37)15-13-28(38)39)32-26(35)17-21-8-10-22(11-9-21)31-29(40)33-23-7-5-4-6-20(23)3/h4-11,19,24H,12-18H2,1-3H3,(H,32,35)(H,36,37)(H,38,39)(H2,31,33,40)/t24-/m0/s1. The molecule has 0 saturated heterocycles. The predicted molar refractivity (Wildman–Crippen MR) is 155 cm³/mol. The van der Waals surface area contributed by atoms with Crippen molar-refractivity contribution in [3.8, 4) is 0 Å². The molecular formula is C30H38N4O7. The van der Waals surface area contributed by atoms with Gasteiger partial charge >= 0.3 is 18.0 Å². The monoisotopic (exact) mass is 566 g/mol. The van der Waals surface area contributed by atoms with Crippen LogP contribution >= 0.6 is 0 Å². The lowest BCUT2D eigenvalue weighted by Crippen LogP contribution is -2.43. The first-order chi connectivity index (χ1) is 19.4. The summed E-state index contributed by atoms with van der Waals surface area (Å²) in [5.74, 6) is -2.02. The van der Waals surface area contributed by atoms with E-state index in [0.29, 0.717) is 23.5 Å². The summed E-state index contributed by atoms with van der Waals surface area (Å²) in [6, 6.07) is 13.6. The Labute approximate surface area is 239 Å². The lowest BCUT2D eigenvalue weighted by atomic mass is 9.84. The molecule has 1 atom stereocenters. The van der Waals surface area contributed by atoms with Gasteiger partial charge < -0.3 is 31.0 Å². The number of aryl methyl sites for hydroxylation is 1. The number of nitrogens with zero attached hydrogens (tertiary/aromatic N) is 1. The molecule has 220 valence electrons. The third-order valence-corrected chi connectivity index (χ3v) is 6.86. The molecule has 0 unspecified atom stereocenters. The van der Waals surface area contributed by atoms with Crippen molar-refractivity contribution >= 4 is 41.0 Å². The number of urea groups is 1. The highest BCUT2D eigenvalue weighted by atomic mass is 16.7. The number of aliphatic carboxylic acids is 2. The van der Waals surface area contributed by atoms with Gasteiger partial charge in [-0.25, -0.2) is 4.79 Å². The number of para-hydroxylation sites is 1. The van der Waals surface area contributed by atoms with Crippen LogP contribution in [0.15, 0.2) is 53.7 Å². The minimum atomic E-state index is -1.03. The van der Waals surface area contributed by atoms with Crippen LogP contribution in [-0.2, 0) is 25.6 Å². The number of anilines is 2. The molecule has 1 aliphatic heterocycles. The maximum absolute atomic E-state index is 13.0.